The molecular weight excluding hydrogens is 266 g/mol. The Kier molecular flexibility index (Phi) is 5.23. The van der Waals surface area contributed by atoms with Crippen LogP contribution in [0.25, 0.3) is 10.9 Å². The highest BCUT2D eigenvalue weighted by molar-refractivity contribution is 5.85. The average molecular weight is 297 g/mol. The molecule has 0 spiro atoms. The lowest BCUT2D eigenvalue weighted by atomic mass is 9.77. The summed E-state index contributed by atoms with van der Waals surface area (Å²) in [6.45, 7) is 4.77. The Bertz CT molecular complexity index is 595. The van der Waals surface area contributed by atoms with Crippen molar-refractivity contribution in [3.8, 4) is 0 Å². The van der Waals surface area contributed by atoms with Gasteiger partial charge in [0.2, 0.25) is 0 Å². The summed E-state index contributed by atoms with van der Waals surface area (Å²) in [7, 11) is 0. The summed E-state index contributed by atoms with van der Waals surface area (Å²) in [6.07, 6.45) is 12.4. The van der Waals surface area contributed by atoms with Gasteiger partial charge in [-0.15, -0.1) is 0 Å². The molecule has 1 heterocycles. The highest BCUT2D eigenvalue weighted by Gasteiger charge is 2.27. The van der Waals surface area contributed by atoms with Crippen molar-refractivity contribution in [1.82, 2.24) is 4.98 Å². The summed E-state index contributed by atoms with van der Waals surface area (Å²) < 4.78 is 0. The lowest BCUT2D eigenvalue weighted by Gasteiger charge is -2.28. The van der Waals surface area contributed by atoms with Crippen LogP contribution in [0.4, 0.5) is 0 Å². The van der Waals surface area contributed by atoms with Crippen LogP contribution in [0.1, 0.15) is 82.4 Å². The van der Waals surface area contributed by atoms with E-state index in [1.807, 2.05) is 0 Å². The summed E-state index contributed by atoms with van der Waals surface area (Å²) in [6, 6.07) is 8.86. The summed E-state index contributed by atoms with van der Waals surface area (Å²) in [5, 5.41) is 1.47. The maximum Gasteiger partial charge on any atom is 0.0459 e. The Labute approximate surface area is 135 Å². The van der Waals surface area contributed by atoms with Crippen molar-refractivity contribution >= 4 is 10.9 Å². The average Bonchev–Trinajstić information content (AvgIpc) is 2.93. The van der Waals surface area contributed by atoms with Crippen LogP contribution in [0.2, 0.25) is 0 Å². The van der Waals surface area contributed by atoms with Crippen molar-refractivity contribution in [3.63, 3.8) is 0 Å². The van der Waals surface area contributed by atoms with Gasteiger partial charge in [0.05, 0.1) is 0 Å². The maximum absolute atomic E-state index is 3.76. The number of nitrogens with one attached hydrogen (secondary N) is 1. The number of H-pyrrole nitrogens is 1. The molecule has 0 fully saturated rings. The molecule has 1 aromatic carbocycles. The number of fused-ring (bicyclic) bond motifs is 3. The van der Waals surface area contributed by atoms with Gasteiger partial charge in [-0.1, -0.05) is 70.6 Å². The van der Waals surface area contributed by atoms with E-state index in [9.17, 15) is 0 Å². The first-order valence-electron chi connectivity index (χ1n) is 9.40. The van der Waals surface area contributed by atoms with E-state index >= 15 is 0 Å². The molecule has 1 aliphatic carbocycles. The standard InChI is InChI=1S/C21H31N/c1-3-4-5-6-7-11-16(2)17-13-10-14-19-18-12-8-9-15-20(18)22-21(17)19/h8-9,12,15-17,22H,3-7,10-11,13-14H2,1-2H3. The number of unbranched alkanes of at least 4 members (excludes halogenated alkanes) is 4. The third kappa shape index (κ3) is 3.24. The van der Waals surface area contributed by atoms with Gasteiger partial charge in [-0.3, -0.25) is 0 Å². The van der Waals surface area contributed by atoms with Gasteiger partial charge in [-0.2, -0.15) is 0 Å². The van der Waals surface area contributed by atoms with E-state index in [1.54, 1.807) is 11.3 Å². The van der Waals surface area contributed by atoms with Gasteiger partial charge in [-0.05, 0) is 36.8 Å². The summed E-state index contributed by atoms with van der Waals surface area (Å²) in [4.78, 5) is 3.76. The van der Waals surface area contributed by atoms with Crippen molar-refractivity contribution in [3.05, 3.63) is 35.5 Å². The first-order chi connectivity index (χ1) is 10.8. The van der Waals surface area contributed by atoms with Gasteiger partial charge in [0, 0.05) is 22.5 Å². The molecule has 0 saturated heterocycles. The summed E-state index contributed by atoms with van der Waals surface area (Å²) >= 11 is 0. The zero-order valence-corrected chi connectivity index (χ0v) is 14.3. The monoisotopic (exact) mass is 297 g/mol. The number of aromatic amines is 1. The van der Waals surface area contributed by atoms with E-state index in [0.717, 1.165) is 11.8 Å². The second-order valence-electron chi connectivity index (χ2n) is 7.24. The highest BCUT2D eigenvalue weighted by atomic mass is 14.7. The number of benzene rings is 1. The van der Waals surface area contributed by atoms with E-state index in [1.165, 1.54) is 68.7 Å². The first-order valence-corrected chi connectivity index (χ1v) is 9.40. The number of para-hydroxylation sites is 1. The smallest absolute Gasteiger partial charge is 0.0459 e. The molecule has 1 aliphatic rings. The van der Waals surface area contributed by atoms with Crippen molar-refractivity contribution in [2.45, 2.75) is 77.6 Å². The molecule has 3 rings (SSSR count). The van der Waals surface area contributed by atoms with E-state index in [-0.39, 0.29) is 0 Å². The van der Waals surface area contributed by atoms with Crippen molar-refractivity contribution in [1.29, 1.82) is 0 Å². The quantitative estimate of drug-likeness (QED) is 0.555. The summed E-state index contributed by atoms with van der Waals surface area (Å²) in [5.74, 6) is 1.57. The fourth-order valence-corrected chi connectivity index (χ4v) is 4.29. The fraction of sp³-hybridized carbons (Fsp3) is 0.619. The Hall–Kier alpha value is -1.24. The molecule has 120 valence electrons. The lowest BCUT2D eigenvalue weighted by Crippen LogP contribution is -2.16. The largest absolute Gasteiger partial charge is 0.358 e. The van der Waals surface area contributed by atoms with Crippen molar-refractivity contribution in [2.24, 2.45) is 5.92 Å². The second-order valence-corrected chi connectivity index (χ2v) is 7.24. The summed E-state index contributed by atoms with van der Waals surface area (Å²) in [5.41, 5.74) is 4.52. The van der Waals surface area contributed by atoms with Gasteiger partial charge < -0.3 is 4.98 Å². The van der Waals surface area contributed by atoms with Crippen LogP contribution in [0, 0.1) is 5.92 Å². The van der Waals surface area contributed by atoms with E-state index < -0.39 is 0 Å². The Morgan fingerprint density at radius 1 is 1.14 bits per heavy atom. The molecule has 2 unspecified atom stereocenters. The molecule has 1 aromatic heterocycles. The first kappa shape index (κ1) is 15.6. The van der Waals surface area contributed by atoms with Crippen molar-refractivity contribution < 1.29 is 0 Å². The van der Waals surface area contributed by atoms with Crippen LogP contribution in [-0.2, 0) is 6.42 Å². The second kappa shape index (κ2) is 7.35. The molecule has 2 atom stereocenters. The minimum atomic E-state index is 0.752. The van der Waals surface area contributed by atoms with Gasteiger partial charge in [0.1, 0.15) is 0 Å². The molecule has 0 bridgehead atoms. The molecule has 0 amide bonds. The predicted octanol–water partition coefficient (Wildman–Crippen LogP) is 6.58. The normalized spacial score (nSPS) is 19.3. The van der Waals surface area contributed by atoms with Gasteiger partial charge in [0.25, 0.3) is 0 Å². The van der Waals surface area contributed by atoms with E-state index in [0.29, 0.717) is 0 Å². The molecule has 0 aliphatic heterocycles. The Morgan fingerprint density at radius 2 is 1.95 bits per heavy atom. The minimum absolute atomic E-state index is 0.752. The zero-order valence-electron chi connectivity index (χ0n) is 14.3. The Morgan fingerprint density at radius 3 is 2.82 bits per heavy atom. The number of hydrogen-bond donors (Lipinski definition) is 1. The van der Waals surface area contributed by atoms with Crippen LogP contribution in [-0.4, -0.2) is 4.98 Å². The number of rotatable bonds is 7. The number of aryl methyl sites for hydroxylation is 1. The number of aromatic nitrogens is 1. The zero-order chi connectivity index (χ0) is 15.4. The van der Waals surface area contributed by atoms with Crippen LogP contribution in [0.3, 0.4) is 0 Å². The van der Waals surface area contributed by atoms with E-state index in [4.69, 9.17) is 0 Å². The highest BCUT2D eigenvalue weighted by Crippen LogP contribution is 2.41. The van der Waals surface area contributed by atoms with E-state index in [2.05, 4.69) is 43.1 Å². The van der Waals surface area contributed by atoms with Crippen LogP contribution in [0.15, 0.2) is 24.3 Å². The van der Waals surface area contributed by atoms with Gasteiger partial charge >= 0.3 is 0 Å². The third-order valence-corrected chi connectivity index (χ3v) is 5.61. The topological polar surface area (TPSA) is 15.8 Å². The third-order valence-electron chi connectivity index (χ3n) is 5.61. The van der Waals surface area contributed by atoms with Crippen LogP contribution >= 0.6 is 0 Å². The van der Waals surface area contributed by atoms with Gasteiger partial charge in [-0.25, -0.2) is 0 Å². The van der Waals surface area contributed by atoms with Crippen LogP contribution in [0.5, 0.6) is 0 Å². The van der Waals surface area contributed by atoms with Crippen LogP contribution < -0.4 is 0 Å². The fourth-order valence-electron chi connectivity index (χ4n) is 4.29. The van der Waals surface area contributed by atoms with Crippen molar-refractivity contribution in [2.75, 3.05) is 0 Å². The number of hydrogen-bond acceptors (Lipinski definition) is 0. The molecule has 22 heavy (non-hydrogen) atoms. The SMILES string of the molecule is CCCCCCCC(C)C1CCCc2c1[nH]c1ccccc21. The molecule has 1 heteroatoms. The Balaban J connectivity index is 1.68. The molecule has 1 N–H and O–H groups in total. The maximum atomic E-state index is 3.76. The predicted molar refractivity (Wildman–Crippen MR) is 96.5 cm³/mol. The molecule has 0 saturated carbocycles. The minimum Gasteiger partial charge on any atom is -0.358 e. The molecule has 2 aromatic rings. The lowest BCUT2D eigenvalue weighted by molar-refractivity contribution is 0.365. The molecule has 1 nitrogen and oxygen atoms in total. The molecular formula is C21H31N. The van der Waals surface area contributed by atoms with Gasteiger partial charge in [0.15, 0.2) is 0 Å². The molecule has 0 radical (unpaired) electrons.